The van der Waals surface area contributed by atoms with E-state index in [-0.39, 0.29) is 22.8 Å². The van der Waals surface area contributed by atoms with Crippen molar-refractivity contribution in [3.8, 4) is 5.75 Å². The van der Waals surface area contributed by atoms with Crippen LogP contribution in [0.1, 0.15) is 27.2 Å². The van der Waals surface area contributed by atoms with Crippen LogP contribution in [-0.2, 0) is 21.5 Å². The van der Waals surface area contributed by atoms with E-state index in [9.17, 15) is 13.2 Å². The number of carbonyl (C=O) groups is 1. The lowest BCUT2D eigenvalue weighted by molar-refractivity contribution is 0.0468. The zero-order valence-corrected chi connectivity index (χ0v) is 17.3. The lowest BCUT2D eigenvalue weighted by Crippen LogP contribution is -2.12. The molecule has 0 atom stereocenters. The maximum absolute atomic E-state index is 12.5. The molecule has 0 aliphatic rings. The van der Waals surface area contributed by atoms with E-state index in [1.807, 2.05) is 6.07 Å². The Balaban J connectivity index is 1.69. The van der Waals surface area contributed by atoms with Crippen molar-refractivity contribution in [2.24, 2.45) is 0 Å². The number of benzene rings is 2. The van der Waals surface area contributed by atoms with Crippen molar-refractivity contribution < 1.29 is 22.1 Å². The van der Waals surface area contributed by atoms with Gasteiger partial charge >= 0.3 is 16.1 Å². The Kier molecular flexibility index (Phi) is 5.97. The second-order valence-corrected chi connectivity index (χ2v) is 8.77. The van der Waals surface area contributed by atoms with Gasteiger partial charge in [-0.2, -0.15) is 8.42 Å². The third kappa shape index (κ3) is 4.67. The molecule has 0 bridgehead atoms. The standard InChI is InChI=1S/C18H15ClN2O5S2/c1-11-3-4-12(2)16(9-11)28(23,24)26-14-7-5-13(6-8-14)18(22)25-10-15-17(19)27-21-20-15/h3-9H,10H2,1-2H3. The van der Waals surface area contributed by atoms with Gasteiger partial charge in [-0.1, -0.05) is 28.2 Å². The van der Waals surface area contributed by atoms with Crippen molar-refractivity contribution in [2.75, 3.05) is 0 Å². The first kappa shape index (κ1) is 20.2. The molecule has 3 rings (SSSR count). The maximum Gasteiger partial charge on any atom is 0.339 e. The molecule has 0 unspecified atom stereocenters. The normalized spacial score (nSPS) is 11.2. The van der Waals surface area contributed by atoms with Crippen LogP contribution in [0.5, 0.6) is 5.75 Å². The molecule has 3 aromatic rings. The number of halogens is 1. The summed E-state index contributed by atoms with van der Waals surface area (Å²) in [7, 11) is -3.99. The molecule has 0 amide bonds. The second kappa shape index (κ2) is 8.26. The molecule has 0 N–H and O–H groups in total. The minimum Gasteiger partial charge on any atom is -0.455 e. The van der Waals surface area contributed by atoms with Crippen LogP contribution in [0.2, 0.25) is 4.34 Å². The third-order valence-corrected chi connectivity index (χ3v) is 6.13. The van der Waals surface area contributed by atoms with Crippen LogP contribution >= 0.6 is 23.1 Å². The topological polar surface area (TPSA) is 95.5 Å². The molecule has 0 fully saturated rings. The molecule has 0 saturated heterocycles. The van der Waals surface area contributed by atoms with Crippen molar-refractivity contribution >= 4 is 39.2 Å². The second-order valence-electron chi connectivity index (χ2n) is 5.90. The predicted octanol–water partition coefficient (Wildman–Crippen LogP) is 3.93. The summed E-state index contributed by atoms with van der Waals surface area (Å²) in [6.07, 6.45) is 0. The van der Waals surface area contributed by atoms with Gasteiger partial charge in [-0.3, -0.25) is 0 Å². The Hall–Kier alpha value is -2.49. The molecule has 0 aliphatic heterocycles. The van der Waals surface area contributed by atoms with Gasteiger partial charge in [0, 0.05) is 11.5 Å². The van der Waals surface area contributed by atoms with E-state index < -0.39 is 16.1 Å². The van der Waals surface area contributed by atoms with Crippen LogP contribution in [0.15, 0.2) is 47.4 Å². The molecule has 0 spiro atoms. The summed E-state index contributed by atoms with van der Waals surface area (Å²) in [4.78, 5) is 12.2. The van der Waals surface area contributed by atoms with E-state index in [0.717, 1.165) is 17.1 Å². The van der Waals surface area contributed by atoms with E-state index in [0.29, 0.717) is 15.6 Å². The number of esters is 1. The molecule has 0 aliphatic carbocycles. The lowest BCUT2D eigenvalue weighted by atomic mass is 10.2. The molecule has 1 aromatic heterocycles. The molecule has 28 heavy (non-hydrogen) atoms. The van der Waals surface area contributed by atoms with Gasteiger partial charge < -0.3 is 8.92 Å². The molecule has 0 radical (unpaired) electrons. The Bertz CT molecular complexity index is 1110. The number of ether oxygens (including phenoxy) is 1. The predicted molar refractivity (Wildman–Crippen MR) is 104 cm³/mol. The molecule has 7 nitrogen and oxygen atoms in total. The molecular formula is C18H15ClN2O5S2. The van der Waals surface area contributed by atoms with Gasteiger partial charge in [0.1, 0.15) is 27.3 Å². The van der Waals surface area contributed by atoms with Crippen LogP contribution in [0, 0.1) is 13.8 Å². The fourth-order valence-corrected chi connectivity index (χ4v) is 4.14. The number of hydrogen-bond acceptors (Lipinski definition) is 8. The van der Waals surface area contributed by atoms with Gasteiger partial charge in [-0.15, -0.1) is 5.10 Å². The summed E-state index contributed by atoms with van der Waals surface area (Å²) >= 11 is 6.85. The first-order valence-corrected chi connectivity index (χ1v) is 10.6. The van der Waals surface area contributed by atoms with Crippen LogP contribution in [0.3, 0.4) is 0 Å². The van der Waals surface area contributed by atoms with Gasteiger partial charge in [-0.25, -0.2) is 4.79 Å². The number of carbonyl (C=O) groups excluding carboxylic acids is 1. The van der Waals surface area contributed by atoms with Crippen molar-refractivity contribution in [1.82, 2.24) is 9.59 Å². The highest BCUT2D eigenvalue weighted by molar-refractivity contribution is 7.87. The maximum atomic E-state index is 12.5. The SMILES string of the molecule is Cc1ccc(C)c(S(=O)(=O)Oc2ccc(C(=O)OCc3nnsc3Cl)cc2)c1. The van der Waals surface area contributed by atoms with Crippen LogP contribution in [-0.4, -0.2) is 24.0 Å². The smallest absolute Gasteiger partial charge is 0.339 e. The Labute approximate surface area is 171 Å². The van der Waals surface area contributed by atoms with Crippen molar-refractivity contribution in [3.63, 3.8) is 0 Å². The number of aryl methyl sites for hydroxylation is 2. The van der Waals surface area contributed by atoms with Crippen LogP contribution in [0.4, 0.5) is 0 Å². The average Bonchev–Trinajstić information content (AvgIpc) is 3.07. The van der Waals surface area contributed by atoms with E-state index in [2.05, 4.69) is 9.59 Å². The summed E-state index contributed by atoms with van der Waals surface area (Å²) in [6.45, 7) is 3.39. The van der Waals surface area contributed by atoms with Gasteiger partial charge in [0.25, 0.3) is 0 Å². The summed E-state index contributed by atoms with van der Waals surface area (Å²) in [6, 6.07) is 10.7. The zero-order valence-electron chi connectivity index (χ0n) is 14.9. The van der Waals surface area contributed by atoms with Gasteiger partial charge in [0.05, 0.1) is 5.56 Å². The fourth-order valence-electron chi connectivity index (χ4n) is 2.30. The summed E-state index contributed by atoms with van der Waals surface area (Å²) in [5.41, 5.74) is 2.00. The van der Waals surface area contributed by atoms with Crippen molar-refractivity contribution in [3.05, 3.63) is 69.2 Å². The average molecular weight is 439 g/mol. The zero-order chi connectivity index (χ0) is 20.3. The monoisotopic (exact) mass is 438 g/mol. The Morgan fingerprint density at radius 3 is 2.50 bits per heavy atom. The minimum atomic E-state index is -3.99. The lowest BCUT2D eigenvalue weighted by Gasteiger charge is -2.10. The third-order valence-electron chi connectivity index (χ3n) is 3.76. The quantitative estimate of drug-likeness (QED) is 0.425. The van der Waals surface area contributed by atoms with Crippen molar-refractivity contribution in [1.29, 1.82) is 0 Å². The molecule has 10 heteroatoms. The molecule has 1 heterocycles. The van der Waals surface area contributed by atoms with E-state index in [1.165, 1.54) is 24.3 Å². The van der Waals surface area contributed by atoms with Gasteiger partial charge in [0.2, 0.25) is 0 Å². The van der Waals surface area contributed by atoms with E-state index >= 15 is 0 Å². The van der Waals surface area contributed by atoms with Crippen LogP contribution < -0.4 is 4.18 Å². The highest BCUT2D eigenvalue weighted by atomic mass is 35.5. The van der Waals surface area contributed by atoms with Gasteiger partial charge in [-0.05, 0) is 55.3 Å². The van der Waals surface area contributed by atoms with E-state index in [1.54, 1.807) is 26.0 Å². The fraction of sp³-hybridized carbons (Fsp3) is 0.167. The summed E-state index contributed by atoms with van der Waals surface area (Å²) in [5.74, 6) is -0.516. The first-order valence-electron chi connectivity index (χ1n) is 8.02. The largest absolute Gasteiger partial charge is 0.455 e. The number of rotatable bonds is 6. The Morgan fingerprint density at radius 1 is 1.14 bits per heavy atom. The summed E-state index contributed by atoms with van der Waals surface area (Å²) in [5, 5.41) is 3.75. The molecule has 0 saturated carbocycles. The minimum absolute atomic E-state index is 0.0872. The Morgan fingerprint density at radius 2 is 1.86 bits per heavy atom. The molecule has 146 valence electrons. The van der Waals surface area contributed by atoms with Crippen LogP contribution in [0.25, 0.3) is 0 Å². The molecular weight excluding hydrogens is 424 g/mol. The first-order chi connectivity index (χ1) is 13.3. The highest BCUT2D eigenvalue weighted by Crippen LogP contribution is 2.23. The van der Waals surface area contributed by atoms with E-state index in [4.69, 9.17) is 20.5 Å². The van der Waals surface area contributed by atoms with Gasteiger partial charge in [0.15, 0.2) is 0 Å². The number of nitrogens with zero attached hydrogens (tertiary/aromatic N) is 2. The number of hydrogen-bond donors (Lipinski definition) is 0. The van der Waals surface area contributed by atoms with Crippen molar-refractivity contribution in [2.45, 2.75) is 25.3 Å². The summed E-state index contributed by atoms with van der Waals surface area (Å²) < 4.78 is 39.3. The highest BCUT2D eigenvalue weighted by Gasteiger charge is 2.20. The number of aromatic nitrogens is 2. The molecule has 2 aromatic carbocycles.